The maximum atomic E-state index is 9.38. The van der Waals surface area contributed by atoms with Gasteiger partial charge in [-0.3, -0.25) is 0 Å². The largest absolute Gasteiger partial charge is 0.393 e. The number of tetrazole rings is 1. The quantitative estimate of drug-likeness (QED) is 0.684. The Kier molecular flexibility index (Phi) is 2.20. The van der Waals surface area contributed by atoms with E-state index in [-0.39, 0.29) is 6.10 Å². The van der Waals surface area contributed by atoms with Gasteiger partial charge in [0.2, 0.25) is 5.82 Å². The van der Waals surface area contributed by atoms with E-state index in [1.54, 1.807) is 0 Å². The fraction of sp³-hybridized carbons (Fsp3) is 0.364. The fourth-order valence-corrected chi connectivity index (χ4v) is 2.27. The number of aliphatic hydroxyl groups is 1. The predicted molar refractivity (Wildman–Crippen MR) is 60.7 cm³/mol. The summed E-state index contributed by atoms with van der Waals surface area (Å²) in [5, 5.41) is 23.2. The predicted octanol–water partition coefficient (Wildman–Crippen LogP) is 0.175. The van der Waals surface area contributed by atoms with Crippen LogP contribution in [0.25, 0.3) is 11.4 Å². The summed E-state index contributed by atoms with van der Waals surface area (Å²) < 4.78 is 0. The third-order valence-electron chi connectivity index (χ3n) is 3.24. The van der Waals surface area contributed by atoms with Crippen molar-refractivity contribution in [3.05, 3.63) is 29.8 Å². The second kappa shape index (κ2) is 3.61. The molecule has 0 aliphatic heterocycles. The van der Waals surface area contributed by atoms with Crippen molar-refractivity contribution in [3.63, 3.8) is 0 Å². The molecule has 1 fully saturated rings. The van der Waals surface area contributed by atoms with Crippen molar-refractivity contribution in [1.29, 1.82) is 0 Å². The van der Waals surface area contributed by atoms with Gasteiger partial charge < -0.3 is 10.8 Å². The molecule has 3 rings (SSSR count). The maximum Gasteiger partial charge on any atom is 0.204 e. The summed E-state index contributed by atoms with van der Waals surface area (Å²) in [5.41, 5.74) is 7.68. The lowest BCUT2D eigenvalue weighted by atomic mass is 9.70. The van der Waals surface area contributed by atoms with Crippen molar-refractivity contribution in [2.75, 3.05) is 0 Å². The fourth-order valence-electron chi connectivity index (χ4n) is 2.27. The summed E-state index contributed by atoms with van der Waals surface area (Å²) >= 11 is 0. The van der Waals surface area contributed by atoms with Crippen LogP contribution in [0.15, 0.2) is 24.3 Å². The lowest BCUT2D eigenvalue weighted by Crippen LogP contribution is -2.51. The molecule has 1 aliphatic carbocycles. The Morgan fingerprint density at radius 3 is 2.88 bits per heavy atom. The number of aromatic amines is 1. The molecular formula is C11H13N5O. The van der Waals surface area contributed by atoms with Gasteiger partial charge in [-0.25, -0.2) is 0 Å². The highest BCUT2D eigenvalue weighted by Crippen LogP contribution is 2.39. The van der Waals surface area contributed by atoms with E-state index in [1.807, 2.05) is 24.3 Å². The highest BCUT2D eigenvalue weighted by molar-refractivity contribution is 5.56. The number of nitrogens with one attached hydrogen (secondary N) is 1. The van der Waals surface area contributed by atoms with Crippen molar-refractivity contribution in [2.45, 2.75) is 24.5 Å². The molecule has 1 aliphatic rings. The van der Waals surface area contributed by atoms with E-state index in [9.17, 15) is 5.11 Å². The number of rotatable bonds is 2. The zero-order valence-electron chi connectivity index (χ0n) is 9.17. The number of nitrogens with two attached hydrogens (primary N) is 1. The zero-order valence-corrected chi connectivity index (χ0v) is 9.17. The highest BCUT2D eigenvalue weighted by Gasteiger charge is 2.41. The van der Waals surface area contributed by atoms with Gasteiger partial charge in [0.1, 0.15) is 0 Å². The Balaban J connectivity index is 1.95. The van der Waals surface area contributed by atoms with Gasteiger partial charge in [0.25, 0.3) is 0 Å². The molecule has 1 aromatic heterocycles. The van der Waals surface area contributed by atoms with Crippen molar-refractivity contribution in [2.24, 2.45) is 5.73 Å². The van der Waals surface area contributed by atoms with Gasteiger partial charge >= 0.3 is 0 Å². The monoisotopic (exact) mass is 231 g/mol. The minimum Gasteiger partial charge on any atom is -0.393 e. The molecule has 0 amide bonds. The first kappa shape index (κ1) is 10.4. The molecule has 17 heavy (non-hydrogen) atoms. The smallest absolute Gasteiger partial charge is 0.204 e. The van der Waals surface area contributed by atoms with E-state index in [0.29, 0.717) is 18.7 Å². The number of aliphatic hydroxyl groups excluding tert-OH is 1. The molecule has 0 atom stereocenters. The molecule has 88 valence electrons. The molecule has 1 heterocycles. The average molecular weight is 231 g/mol. The number of aromatic nitrogens is 4. The molecule has 2 aromatic rings. The van der Waals surface area contributed by atoms with Gasteiger partial charge in [-0.2, -0.15) is 5.21 Å². The van der Waals surface area contributed by atoms with Gasteiger partial charge in [-0.05, 0) is 29.7 Å². The molecular weight excluding hydrogens is 218 g/mol. The van der Waals surface area contributed by atoms with Gasteiger partial charge in [-0.1, -0.05) is 18.2 Å². The average Bonchev–Trinajstić information content (AvgIpc) is 2.81. The Hall–Kier alpha value is -1.79. The van der Waals surface area contributed by atoms with Crippen molar-refractivity contribution < 1.29 is 5.11 Å². The van der Waals surface area contributed by atoms with Crippen LogP contribution in [0.2, 0.25) is 0 Å². The highest BCUT2D eigenvalue weighted by atomic mass is 16.3. The van der Waals surface area contributed by atoms with Crippen LogP contribution < -0.4 is 5.73 Å². The molecule has 0 unspecified atom stereocenters. The summed E-state index contributed by atoms with van der Waals surface area (Å²) in [6.45, 7) is 0. The number of H-pyrrole nitrogens is 1. The number of hydrogen-bond donors (Lipinski definition) is 3. The summed E-state index contributed by atoms with van der Waals surface area (Å²) in [7, 11) is 0. The maximum absolute atomic E-state index is 9.38. The minimum atomic E-state index is -0.417. The van der Waals surface area contributed by atoms with Crippen LogP contribution in [0, 0.1) is 0 Å². The second-order valence-corrected chi connectivity index (χ2v) is 4.53. The molecule has 4 N–H and O–H groups in total. The lowest BCUT2D eigenvalue weighted by Gasteiger charge is -2.42. The SMILES string of the molecule is NC1(c2cccc(-c3nn[nH]n3)c2)CC(O)C1. The van der Waals surface area contributed by atoms with Gasteiger partial charge in [0.05, 0.1) is 6.10 Å². The zero-order chi connectivity index (χ0) is 11.9. The van der Waals surface area contributed by atoms with Crippen molar-refractivity contribution in [1.82, 2.24) is 20.6 Å². The Bertz CT molecular complexity index is 518. The lowest BCUT2D eigenvalue weighted by molar-refractivity contribution is 0.0210. The molecule has 1 saturated carbocycles. The van der Waals surface area contributed by atoms with Crippen LogP contribution in [0.3, 0.4) is 0 Å². The van der Waals surface area contributed by atoms with Crippen LogP contribution in [0.5, 0.6) is 0 Å². The number of hydrogen-bond acceptors (Lipinski definition) is 5. The summed E-state index contributed by atoms with van der Waals surface area (Å²) in [4.78, 5) is 0. The molecule has 1 aromatic carbocycles. The molecule has 0 bridgehead atoms. The van der Waals surface area contributed by atoms with E-state index >= 15 is 0 Å². The van der Waals surface area contributed by atoms with Crippen LogP contribution in [-0.2, 0) is 5.54 Å². The normalized spacial score (nSPS) is 27.8. The van der Waals surface area contributed by atoms with Crippen LogP contribution in [0.4, 0.5) is 0 Å². The first-order chi connectivity index (χ1) is 8.17. The standard InChI is InChI=1S/C11H13N5O/c12-11(5-9(17)6-11)8-3-1-2-7(4-8)10-13-15-16-14-10/h1-4,9,17H,5-6,12H2,(H,13,14,15,16). The van der Waals surface area contributed by atoms with Crippen LogP contribution >= 0.6 is 0 Å². The van der Waals surface area contributed by atoms with Gasteiger partial charge in [-0.15, -0.1) is 10.2 Å². The first-order valence-electron chi connectivity index (χ1n) is 5.49. The Labute approximate surface area is 97.9 Å². The van der Waals surface area contributed by atoms with Crippen molar-refractivity contribution in [3.8, 4) is 11.4 Å². The van der Waals surface area contributed by atoms with E-state index in [2.05, 4.69) is 20.6 Å². The van der Waals surface area contributed by atoms with E-state index in [1.165, 1.54) is 0 Å². The Morgan fingerprint density at radius 2 is 2.24 bits per heavy atom. The topological polar surface area (TPSA) is 101 Å². The molecule has 0 radical (unpaired) electrons. The van der Waals surface area contributed by atoms with E-state index in [4.69, 9.17) is 5.73 Å². The number of benzene rings is 1. The van der Waals surface area contributed by atoms with Gasteiger partial charge in [0.15, 0.2) is 0 Å². The van der Waals surface area contributed by atoms with E-state index < -0.39 is 5.54 Å². The summed E-state index contributed by atoms with van der Waals surface area (Å²) in [6, 6.07) is 7.75. The summed E-state index contributed by atoms with van der Waals surface area (Å²) in [6.07, 6.45) is 0.916. The minimum absolute atomic E-state index is 0.283. The Morgan fingerprint density at radius 1 is 1.41 bits per heavy atom. The third-order valence-corrected chi connectivity index (χ3v) is 3.24. The summed E-state index contributed by atoms with van der Waals surface area (Å²) in [5.74, 6) is 0.551. The molecule has 0 saturated heterocycles. The second-order valence-electron chi connectivity index (χ2n) is 4.53. The molecule has 6 nitrogen and oxygen atoms in total. The van der Waals surface area contributed by atoms with Crippen molar-refractivity contribution >= 4 is 0 Å². The van der Waals surface area contributed by atoms with E-state index in [0.717, 1.165) is 11.1 Å². The molecule has 0 spiro atoms. The van der Waals surface area contributed by atoms with Gasteiger partial charge in [0, 0.05) is 11.1 Å². The molecule has 6 heteroatoms. The first-order valence-corrected chi connectivity index (χ1v) is 5.49. The number of nitrogens with zero attached hydrogens (tertiary/aromatic N) is 3. The van der Waals surface area contributed by atoms with Crippen LogP contribution in [0.1, 0.15) is 18.4 Å². The third kappa shape index (κ3) is 1.71. The van der Waals surface area contributed by atoms with Crippen LogP contribution in [-0.4, -0.2) is 31.8 Å².